The molecular weight excluding hydrogens is 340 g/mol. The van der Waals surface area contributed by atoms with E-state index in [1.165, 1.54) is 0 Å². The Balaban J connectivity index is 1.50. The first-order chi connectivity index (χ1) is 12.2. The van der Waals surface area contributed by atoms with Crippen LogP contribution in [0.3, 0.4) is 0 Å². The van der Waals surface area contributed by atoms with Gasteiger partial charge in [-0.3, -0.25) is 4.79 Å². The van der Waals surface area contributed by atoms with Crippen LogP contribution < -0.4 is 10.1 Å². The zero-order chi connectivity index (χ0) is 17.6. The van der Waals surface area contributed by atoms with Gasteiger partial charge < -0.3 is 14.9 Å². The number of ether oxygens (including phenoxy) is 1. The summed E-state index contributed by atoms with van der Waals surface area (Å²) in [6.07, 6.45) is -0.664. The summed E-state index contributed by atoms with van der Waals surface area (Å²) in [6.45, 7) is 2.68. The molecule has 2 aromatic rings. The van der Waals surface area contributed by atoms with Crippen molar-refractivity contribution >= 4 is 23.2 Å². The molecule has 6 heteroatoms. The Labute approximate surface area is 151 Å². The van der Waals surface area contributed by atoms with Crippen LogP contribution in [0.5, 0.6) is 5.75 Å². The zero-order valence-electron chi connectivity index (χ0n) is 13.8. The van der Waals surface area contributed by atoms with Gasteiger partial charge in [0, 0.05) is 10.6 Å². The van der Waals surface area contributed by atoms with E-state index in [2.05, 4.69) is 10.5 Å². The van der Waals surface area contributed by atoms with Crippen molar-refractivity contribution in [2.45, 2.75) is 13.0 Å². The molecule has 0 unspecified atom stereocenters. The largest absolute Gasteiger partial charge is 0.492 e. The highest BCUT2D eigenvalue weighted by Gasteiger charge is 2.37. The fourth-order valence-electron chi connectivity index (χ4n) is 2.63. The molecule has 1 N–H and O–H groups in total. The van der Waals surface area contributed by atoms with Gasteiger partial charge in [-0.05, 0) is 18.2 Å². The standard InChI is InChI=1S/C19H19ClN2O3/c1-13-17(15-9-5-6-10-16(15)20)22-25-18(13)19(23)21-11-12-24-14-7-3-2-4-8-14/h2-10,13,18H,11-12H2,1H3,(H,21,23)/t13-,18+/m0/s1. The number of amides is 1. The van der Waals surface area contributed by atoms with Crippen LogP contribution in [-0.2, 0) is 9.63 Å². The first kappa shape index (κ1) is 17.3. The minimum atomic E-state index is -0.664. The molecule has 0 aliphatic carbocycles. The second kappa shape index (κ2) is 8.03. The summed E-state index contributed by atoms with van der Waals surface area (Å²) >= 11 is 6.20. The third-order valence-corrected chi connectivity index (χ3v) is 4.30. The summed E-state index contributed by atoms with van der Waals surface area (Å²) in [6, 6.07) is 16.8. The molecule has 5 nitrogen and oxygen atoms in total. The molecule has 0 saturated carbocycles. The molecule has 0 spiro atoms. The Morgan fingerprint density at radius 2 is 1.92 bits per heavy atom. The van der Waals surface area contributed by atoms with Crippen LogP contribution in [0.25, 0.3) is 0 Å². The van der Waals surface area contributed by atoms with Crippen molar-refractivity contribution in [1.29, 1.82) is 0 Å². The number of rotatable bonds is 6. The Morgan fingerprint density at radius 1 is 1.20 bits per heavy atom. The van der Waals surface area contributed by atoms with Gasteiger partial charge >= 0.3 is 0 Å². The lowest BCUT2D eigenvalue weighted by Crippen LogP contribution is -2.40. The van der Waals surface area contributed by atoms with Crippen LogP contribution in [0.1, 0.15) is 12.5 Å². The number of carbonyl (C=O) groups is 1. The van der Waals surface area contributed by atoms with E-state index in [4.69, 9.17) is 21.2 Å². The molecule has 2 atom stereocenters. The number of benzene rings is 2. The predicted octanol–water partition coefficient (Wildman–Crippen LogP) is 3.27. The normalized spacial score (nSPS) is 19.0. The second-order valence-corrected chi connectivity index (χ2v) is 6.13. The van der Waals surface area contributed by atoms with Crippen LogP contribution in [0.2, 0.25) is 5.02 Å². The average Bonchev–Trinajstić information content (AvgIpc) is 3.01. The molecule has 25 heavy (non-hydrogen) atoms. The lowest BCUT2D eigenvalue weighted by molar-refractivity contribution is -0.132. The molecule has 1 aliphatic heterocycles. The fourth-order valence-corrected chi connectivity index (χ4v) is 2.86. The van der Waals surface area contributed by atoms with Gasteiger partial charge in [-0.25, -0.2) is 0 Å². The Morgan fingerprint density at radius 3 is 2.68 bits per heavy atom. The van der Waals surface area contributed by atoms with Crippen LogP contribution >= 0.6 is 11.6 Å². The Bertz CT molecular complexity index is 764. The van der Waals surface area contributed by atoms with E-state index in [-0.39, 0.29) is 11.8 Å². The highest BCUT2D eigenvalue weighted by molar-refractivity contribution is 6.34. The van der Waals surface area contributed by atoms with E-state index >= 15 is 0 Å². The third kappa shape index (κ3) is 4.12. The number of carbonyl (C=O) groups excluding carboxylic acids is 1. The summed E-state index contributed by atoms with van der Waals surface area (Å²) in [4.78, 5) is 17.7. The van der Waals surface area contributed by atoms with E-state index in [0.717, 1.165) is 11.3 Å². The van der Waals surface area contributed by atoms with Gasteiger partial charge in [-0.2, -0.15) is 0 Å². The van der Waals surface area contributed by atoms with Gasteiger partial charge in [0.25, 0.3) is 5.91 Å². The third-order valence-electron chi connectivity index (χ3n) is 3.97. The fraction of sp³-hybridized carbons (Fsp3) is 0.263. The van der Waals surface area contributed by atoms with Crippen molar-refractivity contribution < 1.29 is 14.4 Å². The van der Waals surface area contributed by atoms with Crippen LogP contribution in [0.15, 0.2) is 59.8 Å². The molecule has 0 aromatic heterocycles. The summed E-state index contributed by atoms with van der Waals surface area (Å²) in [5, 5.41) is 7.47. The number of oxime groups is 1. The van der Waals surface area contributed by atoms with E-state index in [0.29, 0.717) is 23.9 Å². The molecule has 130 valence electrons. The van der Waals surface area contributed by atoms with Gasteiger partial charge in [0.15, 0.2) is 0 Å². The monoisotopic (exact) mass is 358 g/mol. The SMILES string of the molecule is C[C@H]1C(c2ccccc2Cl)=NO[C@H]1C(=O)NCCOc1ccccc1. The van der Waals surface area contributed by atoms with Crippen molar-refractivity contribution in [3.05, 3.63) is 65.2 Å². The van der Waals surface area contributed by atoms with Gasteiger partial charge in [0.1, 0.15) is 12.4 Å². The van der Waals surface area contributed by atoms with Crippen molar-refractivity contribution in [2.75, 3.05) is 13.2 Å². The summed E-state index contributed by atoms with van der Waals surface area (Å²) in [5.41, 5.74) is 1.48. The molecule has 1 aliphatic rings. The molecule has 0 fully saturated rings. The molecule has 0 saturated heterocycles. The van der Waals surface area contributed by atoms with Gasteiger partial charge in [-0.1, -0.05) is 60.1 Å². The highest BCUT2D eigenvalue weighted by Crippen LogP contribution is 2.27. The van der Waals surface area contributed by atoms with E-state index < -0.39 is 6.10 Å². The van der Waals surface area contributed by atoms with Gasteiger partial charge in [-0.15, -0.1) is 0 Å². The Kier molecular flexibility index (Phi) is 5.56. The molecule has 3 rings (SSSR count). The van der Waals surface area contributed by atoms with Crippen LogP contribution in [-0.4, -0.2) is 30.9 Å². The minimum Gasteiger partial charge on any atom is -0.492 e. The Hall–Kier alpha value is -2.53. The number of nitrogens with one attached hydrogen (secondary N) is 1. The maximum atomic E-state index is 12.3. The van der Waals surface area contributed by atoms with E-state index in [1.54, 1.807) is 6.07 Å². The van der Waals surface area contributed by atoms with Crippen molar-refractivity contribution in [1.82, 2.24) is 5.32 Å². The maximum Gasteiger partial charge on any atom is 0.264 e. The molecule has 0 radical (unpaired) electrons. The highest BCUT2D eigenvalue weighted by atomic mass is 35.5. The van der Waals surface area contributed by atoms with Crippen molar-refractivity contribution in [2.24, 2.45) is 11.1 Å². The number of hydrogen-bond acceptors (Lipinski definition) is 4. The first-order valence-electron chi connectivity index (χ1n) is 8.11. The first-order valence-corrected chi connectivity index (χ1v) is 8.49. The maximum absolute atomic E-state index is 12.3. The summed E-state index contributed by atoms with van der Waals surface area (Å²) in [7, 11) is 0. The summed E-state index contributed by atoms with van der Waals surface area (Å²) < 4.78 is 5.55. The number of para-hydroxylation sites is 1. The predicted molar refractivity (Wildman–Crippen MR) is 97.0 cm³/mol. The quantitative estimate of drug-likeness (QED) is 0.806. The van der Waals surface area contributed by atoms with E-state index in [1.807, 2.05) is 55.5 Å². The van der Waals surface area contributed by atoms with Gasteiger partial charge in [0.2, 0.25) is 6.10 Å². The van der Waals surface area contributed by atoms with E-state index in [9.17, 15) is 4.79 Å². The zero-order valence-corrected chi connectivity index (χ0v) is 14.6. The number of hydrogen-bond donors (Lipinski definition) is 1. The smallest absolute Gasteiger partial charge is 0.264 e. The van der Waals surface area contributed by atoms with Crippen LogP contribution in [0, 0.1) is 5.92 Å². The molecule has 1 amide bonds. The lowest BCUT2D eigenvalue weighted by Gasteiger charge is -2.15. The second-order valence-electron chi connectivity index (χ2n) is 5.72. The van der Waals surface area contributed by atoms with Crippen LogP contribution in [0.4, 0.5) is 0 Å². The lowest BCUT2D eigenvalue weighted by atomic mass is 9.94. The molecule has 0 bridgehead atoms. The topological polar surface area (TPSA) is 59.9 Å². The van der Waals surface area contributed by atoms with Gasteiger partial charge in [0.05, 0.1) is 18.2 Å². The van der Waals surface area contributed by atoms with Crippen molar-refractivity contribution in [3.8, 4) is 5.75 Å². The average molecular weight is 359 g/mol. The number of nitrogens with zero attached hydrogens (tertiary/aromatic N) is 1. The molecular formula is C19H19ClN2O3. The molecule has 2 aromatic carbocycles. The van der Waals surface area contributed by atoms with Crippen molar-refractivity contribution in [3.63, 3.8) is 0 Å². The molecule has 1 heterocycles. The summed E-state index contributed by atoms with van der Waals surface area (Å²) in [5.74, 6) is 0.372. The number of halogens is 1. The minimum absolute atomic E-state index is 0.185.